The van der Waals surface area contributed by atoms with E-state index in [0.717, 1.165) is 24.8 Å². The maximum absolute atomic E-state index is 12.6. The molecule has 1 saturated heterocycles. The Balaban J connectivity index is 1.56. The van der Waals surface area contributed by atoms with Crippen LogP contribution in [0.15, 0.2) is 18.2 Å². The summed E-state index contributed by atoms with van der Waals surface area (Å²) in [4.78, 5) is 14.5. The average molecular weight is 382 g/mol. The second-order valence-corrected chi connectivity index (χ2v) is 9.07. The molecule has 2 aliphatic rings. The van der Waals surface area contributed by atoms with Gasteiger partial charge in [0.15, 0.2) is 0 Å². The summed E-state index contributed by atoms with van der Waals surface area (Å²) in [5.41, 5.74) is 0.897. The van der Waals surface area contributed by atoms with Crippen LogP contribution in [0.1, 0.15) is 24.8 Å². The number of piperidine rings is 1. The van der Waals surface area contributed by atoms with Crippen LogP contribution in [-0.4, -0.2) is 58.8 Å². The van der Waals surface area contributed by atoms with Crippen molar-refractivity contribution in [1.29, 1.82) is 0 Å². The fraction of sp³-hybridized carbons (Fsp3) is 0.611. The van der Waals surface area contributed by atoms with Crippen molar-refractivity contribution in [2.75, 3.05) is 33.6 Å². The van der Waals surface area contributed by atoms with Crippen LogP contribution >= 0.6 is 0 Å². The third kappa shape index (κ3) is 4.29. The molecule has 8 heteroatoms. The molecule has 26 heavy (non-hydrogen) atoms. The molecule has 1 N–H and O–H groups in total. The van der Waals surface area contributed by atoms with Crippen LogP contribution in [0, 0.1) is 5.41 Å². The van der Waals surface area contributed by atoms with Gasteiger partial charge < -0.3 is 14.4 Å². The molecule has 1 heterocycles. The van der Waals surface area contributed by atoms with Gasteiger partial charge in [0.1, 0.15) is 11.5 Å². The number of methoxy groups -OCH3 is 2. The van der Waals surface area contributed by atoms with Crippen molar-refractivity contribution in [1.82, 2.24) is 9.62 Å². The minimum absolute atomic E-state index is 0.0254. The highest BCUT2D eigenvalue weighted by Crippen LogP contribution is 2.54. The Bertz CT molecular complexity index is 763. The van der Waals surface area contributed by atoms with Gasteiger partial charge in [0.05, 0.1) is 26.9 Å². The molecular weight excluding hydrogens is 356 g/mol. The normalized spacial score (nSPS) is 21.5. The predicted octanol–water partition coefficient (Wildman–Crippen LogP) is 1.18. The number of nitrogens with one attached hydrogen (secondary N) is 1. The number of hydrogen-bond acceptors (Lipinski definition) is 5. The summed E-state index contributed by atoms with van der Waals surface area (Å²) in [6.45, 7) is 1.34. The highest BCUT2D eigenvalue weighted by Gasteiger charge is 2.56. The Morgan fingerprint density at radius 3 is 2.27 bits per heavy atom. The van der Waals surface area contributed by atoms with Crippen LogP contribution in [0.3, 0.4) is 0 Å². The van der Waals surface area contributed by atoms with Crippen LogP contribution < -0.4 is 14.2 Å². The maximum Gasteiger partial charge on any atom is 0.226 e. The third-order valence-electron chi connectivity index (χ3n) is 5.42. The summed E-state index contributed by atoms with van der Waals surface area (Å²) in [7, 11) is -0.00557. The Labute approximate surface area is 154 Å². The zero-order chi connectivity index (χ0) is 18.9. The number of carbonyl (C=O) groups excluding carboxylic acids is 1. The second kappa shape index (κ2) is 7.08. The zero-order valence-corrected chi connectivity index (χ0v) is 16.3. The monoisotopic (exact) mass is 382 g/mol. The molecule has 0 bridgehead atoms. The lowest BCUT2D eigenvalue weighted by molar-refractivity contribution is -0.132. The Morgan fingerprint density at radius 1 is 1.19 bits per heavy atom. The van der Waals surface area contributed by atoms with E-state index in [9.17, 15) is 13.2 Å². The first-order valence-corrected chi connectivity index (χ1v) is 10.6. The van der Waals surface area contributed by atoms with Gasteiger partial charge in [-0.1, -0.05) is 0 Å². The summed E-state index contributed by atoms with van der Waals surface area (Å²) in [6, 6.07) is 5.50. The van der Waals surface area contributed by atoms with Gasteiger partial charge in [-0.05, 0) is 42.4 Å². The van der Waals surface area contributed by atoms with Crippen LogP contribution in [0.25, 0.3) is 0 Å². The standard InChI is InChI=1S/C18H26N2O5S/c1-24-14-8-13(9-15(11-14)25-2)10-17(21)20-6-4-18(5-7-20)12-16(18)19-26(3,22)23/h8-9,11,16,19H,4-7,10,12H2,1-3H3. The Morgan fingerprint density at radius 2 is 1.77 bits per heavy atom. The van der Waals surface area contributed by atoms with Crippen LogP contribution in [-0.2, 0) is 21.2 Å². The van der Waals surface area contributed by atoms with Crippen molar-refractivity contribution in [2.24, 2.45) is 5.41 Å². The van der Waals surface area contributed by atoms with Crippen LogP contribution in [0.2, 0.25) is 0 Å². The first-order chi connectivity index (χ1) is 12.2. The van der Waals surface area contributed by atoms with E-state index in [4.69, 9.17) is 9.47 Å². The molecule has 1 aromatic carbocycles. The number of nitrogens with zero attached hydrogens (tertiary/aromatic N) is 1. The fourth-order valence-electron chi connectivity index (χ4n) is 3.78. The quantitative estimate of drug-likeness (QED) is 0.799. The molecular formula is C18H26N2O5S. The third-order valence-corrected chi connectivity index (χ3v) is 6.14. The van der Waals surface area contributed by atoms with E-state index in [1.165, 1.54) is 6.26 Å². The smallest absolute Gasteiger partial charge is 0.226 e. The van der Waals surface area contributed by atoms with Crippen molar-refractivity contribution >= 4 is 15.9 Å². The molecule has 1 atom stereocenters. The van der Waals surface area contributed by atoms with E-state index in [0.29, 0.717) is 31.0 Å². The lowest BCUT2D eigenvalue weighted by Crippen LogP contribution is -2.42. The topological polar surface area (TPSA) is 84.9 Å². The van der Waals surface area contributed by atoms with E-state index >= 15 is 0 Å². The molecule has 3 rings (SSSR count). The molecule has 1 amide bonds. The number of amides is 1. The minimum atomic E-state index is -3.17. The number of sulfonamides is 1. The highest BCUT2D eigenvalue weighted by molar-refractivity contribution is 7.88. The average Bonchev–Trinajstić information content (AvgIpc) is 3.23. The molecule has 0 aromatic heterocycles. The highest BCUT2D eigenvalue weighted by atomic mass is 32.2. The lowest BCUT2D eigenvalue weighted by Gasteiger charge is -2.33. The first-order valence-electron chi connectivity index (χ1n) is 8.72. The molecule has 2 fully saturated rings. The van der Waals surface area contributed by atoms with Gasteiger partial charge in [0.2, 0.25) is 15.9 Å². The molecule has 1 aromatic rings. The minimum Gasteiger partial charge on any atom is -0.497 e. The molecule has 1 aliphatic heterocycles. The largest absolute Gasteiger partial charge is 0.497 e. The number of likely N-dealkylation sites (tertiary alicyclic amines) is 1. The van der Waals surface area contributed by atoms with Gasteiger partial charge >= 0.3 is 0 Å². The summed E-state index contributed by atoms with van der Waals surface area (Å²) < 4.78 is 36.0. The number of hydrogen-bond donors (Lipinski definition) is 1. The lowest BCUT2D eigenvalue weighted by atomic mass is 9.92. The summed E-state index contributed by atoms with van der Waals surface area (Å²) in [5.74, 6) is 1.40. The molecule has 7 nitrogen and oxygen atoms in total. The van der Waals surface area contributed by atoms with Gasteiger partial charge in [-0.2, -0.15) is 0 Å². The number of ether oxygens (including phenoxy) is 2. The van der Waals surface area contributed by atoms with E-state index in [2.05, 4.69) is 4.72 Å². The molecule has 1 aliphatic carbocycles. The van der Waals surface area contributed by atoms with E-state index in [-0.39, 0.29) is 17.4 Å². The number of benzene rings is 1. The Hall–Kier alpha value is -1.80. The second-order valence-electron chi connectivity index (χ2n) is 7.29. The van der Waals surface area contributed by atoms with Crippen molar-refractivity contribution < 1.29 is 22.7 Å². The number of rotatable bonds is 6. The zero-order valence-electron chi connectivity index (χ0n) is 15.4. The number of carbonyl (C=O) groups is 1. The SMILES string of the molecule is COc1cc(CC(=O)N2CCC3(CC2)CC3NS(C)(=O)=O)cc(OC)c1. The van der Waals surface area contributed by atoms with E-state index < -0.39 is 10.0 Å². The molecule has 144 valence electrons. The van der Waals surface area contributed by atoms with Crippen LogP contribution in [0.5, 0.6) is 11.5 Å². The summed E-state index contributed by atoms with van der Waals surface area (Å²) >= 11 is 0. The van der Waals surface area contributed by atoms with Gasteiger partial charge in [-0.3, -0.25) is 4.79 Å². The Kier molecular flexibility index (Phi) is 5.16. The van der Waals surface area contributed by atoms with Gasteiger partial charge in [-0.25, -0.2) is 13.1 Å². The molecule has 0 radical (unpaired) electrons. The molecule has 1 spiro atoms. The van der Waals surface area contributed by atoms with Gasteiger partial charge in [0, 0.05) is 25.2 Å². The predicted molar refractivity (Wildman–Crippen MR) is 97.9 cm³/mol. The van der Waals surface area contributed by atoms with Gasteiger partial charge in [-0.15, -0.1) is 0 Å². The van der Waals surface area contributed by atoms with Crippen molar-refractivity contribution in [3.05, 3.63) is 23.8 Å². The molecule has 1 saturated carbocycles. The first kappa shape index (κ1) is 19.0. The van der Waals surface area contributed by atoms with E-state index in [1.807, 2.05) is 17.0 Å². The fourth-order valence-corrected chi connectivity index (χ4v) is 4.63. The summed E-state index contributed by atoms with van der Waals surface area (Å²) in [6.07, 6.45) is 4.04. The van der Waals surface area contributed by atoms with Crippen molar-refractivity contribution in [2.45, 2.75) is 31.7 Å². The van der Waals surface area contributed by atoms with Crippen molar-refractivity contribution in [3.63, 3.8) is 0 Å². The van der Waals surface area contributed by atoms with E-state index in [1.54, 1.807) is 20.3 Å². The van der Waals surface area contributed by atoms with Crippen LogP contribution in [0.4, 0.5) is 0 Å². The molecule has 1 unspecified atom stereocenters. The van der Waals surface area contributed by atoms with Gasteiger partial charge in [0.25, 0.3) is 0 Å². The maximum atomic E-state index is 12.6. The van der Waals surface area contributed by atoms with Crippen molar-refractivity contribution in [3.8, 4) is 11.5 Å². The summed E-state index contributed by atoms with van der Waals surface area (Å²) in [5, 5.41) is 0.